The van der Waals surface area contributed by atoms with Crippen LogP contribution in [0, 0.1) is 0 Å². The van der Waals surface area contributed by atoms with E-state index in [0.717, 1.165) is 87.5 Å². The van der Waals surface area contributed by atoms with Gasteiger partial charge in [0.1, 0.15) is 11.3 Å². The first-order chi connectivity index (χ1) is 17.1. The van der Waals surface area contributed by atoms with Crippen LogP contribution in [0.3, 0.4) is 0 Å². The minimum absolute atomic E-state index is 0.221. The van der Waals surface area contributed by atoms with Crippen molar-refractivity contribution in [2.24, 2.45) is 0 Å². The van der Waals surface area contributed by atoms with Crippen LogP contribution in [0.5, 0.6) is 0 Å². The smallest absolute Gasteiger partial charge is 0.229 e. The predicted octanol–water partition coefficient (Wildman–Crippen LogP) is 1.93. The number of rotatable bonds is 8. The van der Waals surface area contributed by atoms with E-state index in [4.69, 9.17) is 15.1 Å². The van der Waals surface area contributed by atoms with Crippen molar-refractivity contribution < 1.29 is 10.2 Å². The van der Waals surface area contributed by atoms with Gasteiger partial charge in [-0.3, -0.25) is 9.80 Å². The summed E-state index contributed by atoms with van der Waals surface area (Å²) >= 11 is 0. The SMILES string of the molecule is CC(O)c1cc2cnc(Nc3ccc(CN4CCN(CCO)CC4)cn3)nc2c(N2CCCC2)n1. The highest BCUT2D eigenvalue weighted by Gasteiger charge is 2.20. The van der Waals surface area contributed by atoms with E-state index in [0.29, 0.717) is 17.5 Å². The van der Waals surface area contributed by atoms with Crippen molar-refractivity contribution in [2.45, 2.75) is 32.4 Å². The first kappa shape index (κ1) is 23.8. The van der Waals surface area contributed by atoms with E-state index in [-0.39, 0.29) is 6.61 Å². The molecule has 35 heavy (non-hydrogen) atoms. The third-order valence-corrected chi connectivity index (χ3v) is 6.75. The lowest BCUT2D eigenvalue weighted by Gasteiger charge is -2.34. The van der Waals surface area contributed by atoms with Crippen LogP contribution in [0.1, 0.15) is 37.1 Å². The van der Waals surface area contributed by atoms with Gasteiger partial charge in [0, 0.05) is 70.1 Å². The summed E-state index contributed by atoms with van der Waals surface area (Å²) in [5, 5.41) is 23.3. The second-order valence-corrected chi connectivity index (χ2v) is 9.39. The van der Waals surface area contributed by atoms with E-state index in [9.17, 15) is 5.11 Å². The Morgan fingerprint density at radius 1 is 0.971 bits per heavy atom. The van der Waals surface area contributed by atoms with Crippen molar-refractivity contribution in [2.75, 3.05) is 62.6 Å². The van der Waals surface area contributed by atoms with Crippen molar-refractivity contribution in [3.8, 4) is 0 Å². The van der Waals surface area contributed by atoms with Crippen molar-refractivity contribution in [3.05, 3.63) is 41.9 Å². The largest absolute Gasteiger partial charge is 0.395 e. The summed E-state index contributed by atoms with van der Waals surface area (Å²) in [6, 6.07) is 5.91. The molecule has 10 heteroatoms. The van der Waals surface area contributed by atoms with Gasteiger partial charge in [-0.25, -0.2) is 19.9 Å². The summed E-state index contributed by atoms with van der Waals surface area (Å²) in [5.41, 5.74) is 2.58. The zero-order valence-corrected chi connectivity index (χ0v) is 20.3. The number of aliphatic hydroxyl groups is 2. The van der Waals surface area contributed by atoms with Gasteiger partial charge in [0.2, 0.25) is 5.95 Å². The summed E-state index contributed by atoms with van der Waals surface area (Å²) in [6.07, 6.45) is 5.29. The highest BCUT2D eigenvalue weighted by Crippen LogP contribution is 2.29. The van der Waals surface area contributed by atoms with Gasteiger partial charge < -0.3 is 20.4 Å². The summed E-state index contributed by atoms with van der Waals surface area (Å²) in [6.45, 7) is 9.41. The van der Waals surface area contributed by atoms with Crippen LogP contribution < -0.4 is 10.2 Å². The predicted molar refractivity (Wildman–Crippen MR) is 136 cm³/mol. The zero-order valence-electron chi connectivity index (χ0n) is 20.3. The Labute approximate surface area is 205 Å². The number of nitrogens with one attached hydrogen (secondary N) is 1. The summed E-state index contributed by atoms with van der Waals surface area (Å²) in [7, 11) is 0. The van der Waals surface area contributed by atoms with Crippen molar-refractivity contribution in [1.82, 2.24) is 29.7 Å². The molecule has 0 bridgehead atoms. The van der Waals surface area contributed by atoms with Gasteiger partial charge in [-0.1, -0.05) is 6.07 Å². The van der Waals surface area contributed by atoms with E-state index in [1.807, 2.05) is 18.3 Å². The summed E-state index contributed by atoms with van der Waals surface area (Å²) in [4.78, 5) is 25.5. The molecule has 3 aromatic heterocycles. The van der Waals surface area contributed by atoms with E-state index >= 15 is 0 Å². The Kier molecular flexibility index (Phi) is 7.33. The minimum Gasteiger partial charge on any atom is -0.395 e. The lowest BCUT2D eigenvalue weighted by atomic mass is 10.2. The molecule has 0 saturated carbocycles. The molecule has 1 atom stereocenters. The fourth-order valence-electron chi connectivity index (χ4n) is 4.74. The summed E-state index contributed by atoms with van der Waals surface area (Å²) < 4.78 is 0. The van der Waals surface area contributed by atoms with Crippen LogP contribution in [0.2, 0.25) is 0 Å². The quantitative estimate of drug-likeness (QED) is 0.444. The molecule has 3 N–H and O–H groups in total. The Balaban J connectivity index is 1.28. The van der Waals surface area contributed by atoms with Crippen LogP contribution in [0.4, 0.5) is 17.6 Å². The third kappa shape index (κ3) is 5.67. The van der Waals surface area contributed by atoms with Gasteiger partial charge in [0.25, 0.3) is 0 Å². The number of aromatic nitrogens is 4. The first-order valence-corrected chi connectivity index (χ1v) is 12.5. The number of piperazine rings is 1. The van der Waals surface area contributed by atoms with E-state index < -0.39 is 6.10 Å². The van der Waals surface area contributed by atoms with E-state index in [2.05, 4.69) is 36.1 Å². The van der Waals surface area contributed by atoms with E-state index in [1.165, 1.54) is 0 Å². The molecule has 2 aliphatic heterocycles. The van der Waals surface area contributed by atoms with Gasteiger partial charge in [0.15, 0.2) is 5.82 Å². The zero-order chi connectivity index (χ0) is 24.2. The monoisotopic (exact) mass is 478 g/mol. The second kappa shape index (κ2) is 10.8. The molecule has 5 rings (SSSR count). The molecule has 2 aliphatic rings. The highest BCUT2D eigenvalue weighted by atomic mass is 16.3. The number of hydrogen-bond acceptors (Lipinski definition) is 10. The van der Waals surface area contributed by atoms with Crippen molar-refractivity contribution in [3.63, 3.8) is 0 Å². The van der Waals surface area contributed by atoms with Gasteiger partial charge in [-0.15, -0.1) is 0 Å². The van der Waals surface area contributed by atoms with Crippen molar-refractivity contribution in [1.29, 1.82) is 0 Å². The molecule has 2 fully saturated rings. The Bertz CT molecular complexity index is 1130. The van der Waals surface area contributed by atoms with Crippen molar-refractivity contribution >= 4 is 28.5 Å². The third-order valence-electron chi connectivity index (χ3n) is 6.75. The van der Waals surface area contributed by atoms with Gasteiger partial charge in [-0.05, 0) is 37.5 Å². The lowest BCUT2D eigenvalue weighted by Crippen LogP contribution is -2.46. The highest BCUT2D eigenvalue weighted by molar-refractivity contribution is 5.89. The first-order valence-electron chi connectivity index (χ1n) is 12.5. The topological polar surface area (TPSA) is 114 Å². The molecule has 2 saturated heterocycles. The molecule has 186 valence electrons. The Morgan fingerprint density at radius 3 is 2.43 bits per heavy atom. The molecular formula is C25H34N8O2. The Morgan fingerprint density at radius 2 is 1.74 bits per heavy atom. The number of aliphatic hydroxyl groups excluding tert-OH is 2. The fraction of sp³-hybridized carbons (Fsp3) is 0.520. The number of fused-ring (bicyclic) bond motifs is 1. The maximum Gasteiger partial charge on any atom is 0.229 e. The van der Waals surface area contributed by atoms with Crippen LogP contribution >= 0.6 is 0 Å². The van der Waals surface area contributed by atoms with Gasteiger partial charge in [-0.2, -0.15) is 0 Å². The lowest BCUT2D eigenvalue weighted by molar-refractivity contribution is 0.108. The molecule has 0 spiro atoms. The normalized spacial score (nSPS) is 18.3. The second-order valence-electron chi connectivity index (χ2n) is 9.39. The average molecular weight is 479 g/mol. The summed E-state index contributed by atoms with van der Waals surface area (Å²) in [5.74, 6) is 1.98. The molecule has 5 heterocycles. The van der Waals surface area contributed by atoms with Gasteiger partial charge >= 0.3 is 0 Å². The molecular weight excluding hydrogens is 444 g/mol. The number of pyridine rings is 2. The molecule has 0 aliphatic carbocycles. The van der Waals surface area contributed by atoms with Crippen LogP contribution in [0.25, 0.3) is 10.9 Å². The van der Waals surface area contributed by atoms with Crippen LogP contribution in [0.15, 0.2) is 30.6 Å². The maximum atomic E-state index is 10.1. The van der Waals surface area contributed by atoms with Gasteiger partial charge in [0.05, 0.1) is 18.4 Å². The number of anilines is 3. The number of β-amino-alcohol motifs (C(OH)–C–C–N with tert-alkyl or cyclic N) is 1. The average Bonchev–Trinajstić information content (AvgIpc) is 3.41. The number of nitrogens with zero attached hydrogens (tertiary/aromatic N) is 7. The maximum absolute atomic E-state index is 10.1. The molecule has 1 unspecified atom stereocenters. The molecule has 0 amide bonds. The fourth-order valence-corrected chi connectivity index (χ4v) is 4.74. The van der Waals surface area contributed by atoms with E-state index in [1.54, 1.807) is 13.1 Å². The molecule has 3 aromatic rings. The molecule has 0 radical (unpaired) electrons. The minimum atomic E-state index is -0.648. The molecule has 10 nitrogen and oxygen atoms in total. The molecule has 0 aromatic carbocycles. The Hall–Kier alpha value is -2.92. The number of hydrogen-bond donors (Lipinski definition) is 3. The van der Waals surface area contributed by atoms with Crippen LogP contribution in [-0.2, 0) is 6.54 Å². The standard InChI is InChI=1S/C25H34N8O2/c1-18(35)21-14-20-16-27-25(30-23(20)24(28-21)33-6-2-3-7-33)29-22-5-4-19(15-26-22)17-32-10-8-31(9-11-32)12-13-34/h4-5,14-16,18,34-35H,2-3,6-13,17H2,1H3,(H,26,27,29,30). The van der Waals surface area contributed by atoms with Crippen LogP contribution in [-0.4, -0.2) is 92.4 Å².